The molecule has 2 rings (SSSR count). The third-order valence-electron chi connectivity index (χ3n) is 2.59. The van der Waals surface area contributed by atoms with E-state index >= 15 is 0 Å². The van der Waals surface area contributed by atoms with E-state index in [4.69, 9.17) is 5.73 Å². The minimum Gasteiger partial charge on any atom is -0.330 e. The molecule has 0 aliphatic heterocycles. The number of hydrogen-bond acceptors (Lipinski definition) is 5. The first kappa shape index (κ1) is 13.1. The number of thiazole rings is 1. The van der Waals surface area contributed by atoms with Crippen LogP contribution in [0, 0.1) is 0 Å². The van der Waals surface area contributed by atoms with E-state index in [2.05, 4.69) is 27.3 Å². The summed E-state index contributed by atoms with van der Waals surface area (Å²) in [6.45, 7) is 2.44. The van der Waals surface area contributed by atoms with E-state index < -0.39 is 0 Å². The maximum atomic E-state index is 5.52. The Balaban J connectivity index is 1.88. The zero-order valence-corrected chi connectivity index (χ0v) is 11.4. The van der Waals surface area contributed by atoms with Crippen molar-refractivity contribution in [3.8, 4) is 0 Å². The highest BCUT2D eigenvalue weighted by Gasteiger charge is 2.05. The molecule has 4 nitrogen and oxygen atoms in total. The predicted octanol–water partition coefficient (Wildman–Crippen LogP) is 1.67. The van der Waals surface area contributed by atoms with Crippen molar-refractivity contribution in [3.63, 3.8) is 0 Å². The van der Waals surface area contributed by atoms with E-state index in [9.17, 15) is 0 Å². The molecular formula is C13H18N4S. The quantitative estimate of drug-likeness (QED) is 0.860. The molecule has 0 aromatic carbocycles. The van der Waals surface area contributed by atoms with Gasteiger partial charge in [-0.3, -0.25) is 9.88 Å². The van der Waals surface area contributed by atoms with Gasteiger partial charge in [0, 0.05) is 37.3 Å². The van der Waals surface area contributed by atoms with Gasteiger partial charge in [-0.05, 0) is 31.3 Å². The van der Waals surface area contributed by atoms with Gasteiger partial charge in [0.1, 0.15) is 0 Å². The fourth-order valence-electron chi connectivity index (χ4n) is 1.79. The Bertz CT molecular complexity index is 469. The predicted molar refractivity (Wildman–Crippen MR) is 74.3 cm³/mol. The topological polar surface area (TPSA) is 55.0 Å². The Morgan fingerprint density at radius 1 is 1.28 bits per heavy atom. The lowest BCUT2D eigenvalue weighted by molar-refractivity contribution is 0.315. The molecule has 0 saturated heterocycles. The Morgan fingerprint density at radius 3 is 2.78 bits per heavy atom. The van der Waals surface area contributed by atoms with E-state index in [0.717, 1.165) is 30.2 Å². The number of hydrogen-bond donors (Lipinski definition) is 1. The minimum absolute atomic E-state index is 0.666. The molecule has 0 bridgehead atoms. The van der Waals surface area contributed by atoms with Crippen LogP contribution in [-0.4, -0.2) is 28.5 Å². The summed E-state index contributed by atoms with van der Waals surface area (Å²) in [4.78, 5) is 10.8. The summed E-state index contributed by atoms with van der Waals surface area (Å²) < 4.78 is 0. The Labute approximate surface area is 111 Å². The second kappa shape index (κ2) is 6.58. The fourth-order valence-corrected chi connectivity index (χ4v) is 2.60. The summed E-state index contributed by atoms with van der Waals surface area (Å²) in [6.07, 6.45) is 4.52. The standard InChI is InChI=1S/C13H18N4S/c1-17(8-11-3-6-15-7-4-11)9-12-10-18-13(16-12)2-5-14/h3-4,6-7,10H,2,5,8-9,14H2,1H3. The Hall–Kier alpha value is -1.30. The zero-order chi connectivity index (χ0) is 12.8. The average Bonchev–Trinajstić information content (AvgIpc) is 2.78. The van der Waals surface area contributed by atoms with Crippen LogP contribution in [0.1, 0.15) is 16.3 Å². The number of pyridine rings is 1. The van der Waals surface area contributed by atoms with Gasteiger partial charge in [0.05, 0.1) is 10.7 Å². The summed E-state index contributed by atoms with van der Waals surface area (Å²) in [5.41, 5.74) is 7.92. The van der Waals surface area contributed by atoms with Crippen LogP contribution < -0.4 is 5.73 Å². The first-order valence-electron chi connectivity index (χ1n) is 5.98. The molecule has 0 aliphatic carbocycles. The summed E-state index contributed by atoms with van der Waals surface area (Å²) in [5.74, 6) is 0. The van der Waals surface area contributed by atoms with Gasteiger partial charge in [0.15, 0.2) is 0 Å². The van der Waals surface area contributed by atoms with Crippen LogP contribution in [0.3, 0.4) is 0 Å². The van der Waals surface area contributed by atoms with Crippen LogP contribution in [0.2, 0.25) is 0 Å². The van der Waals surface area contributed by atoms with Gasteiger partial charge in [-0.25, -0.2) is 4.98 Å². The minimum atomic E-state index is 0.666. The largest absolute Gasteiger partial charge is 0.330 e. The van der Waals surface area contributed by atoms with E-state index in [0.29, 0.717) is 6.54 Å². The van der Waals surface area contributed by atoms with Crippen molar-refractivity contribution in [2.45, 2.75) is 19.5 Å². The third kappa shape index (κ3) is 3.87. The highest BCUT2D eigenvalue weighted by molar-refractivity contribution is 7.09. The molecule has 2 aromatic rings. The van der Waals surface area contributed by atoms with Crippen molar-refractivity contribution in [2.75, 3.05) is 13.6 Å². The van der Waals surface area contributed by atoms with Crippen molar-refractivity contribution < 1.29 is 0 Å². The van der Waals surface area contributed by atoms with Crippen molar-refractivity contribution in [2.24, 2.45) is 5.73 Å². The molecule has 2 heterocycles. The van der Waals surface area contributed by atoms with Crippen molar-refractivity contribution in [1.29, 1.82) is 0 Å². The van der Waals surface area contributed by atoms with Gasteiger partial charge >= 0.3 is 0 Å². The average molecular weight is 262 g/mol. The van der Waals surface area contributed by atoms with Crippen molar-refractivity contribution >= 4 is 11.3 Å². The number of nitrogens with zero attached hydrogens (tertiary/aromatic N) is 3. The first-order valence-corrected chi connectivity index (χ1v) is 6.86. The number of aromatic nitrogens is 2. The molecule has 0 amide bonds. The Morgan fingerprint density at radius 2 is 2.06 bits per heavy atom. The van der Waals surface area contributed by atoms with Crippen molar-refractivity contribution in [3.05, 3.63) is 46.2 Å². The molecule has 5 heteroatoms. The summed E-state index contributed by atoms with van der Waals surface area (Å²) in [5, 5.41) is 3.25. The summed E-state index contributed by atoms with van der Waals surface area (Å²) >= 11 is 1.69. The number of rotatable bonds is 6. The first-order chi connectivity index (χ1) is 8.78. The van der Waals surface area contributed by atoms with Gasteiger partial charge in [0.25, 0.3) is 0 Å². The van der Waals surface area contributed by atoms with E-state index in [1.54, 1.807) is 11.3 Å². The molecule has 96 valence electrons. The molecule has 0 atom stereocenters. The summed E-state index contributed by atoms with van der Waals surface area (Å²) in [7, 11) is 2.10. The van der Waals surface area contributed by atoms with Crippen LogP contribution in [-0.2, 0) is 19.5 Å². The van der Waals surface area contributed by atoms with E-state index in [1.807, 2.05) is 24.5 Å². The lowest BCUT2D eigenvalue weighted by Crippen LogP contribution is -2.17. The smallest absolute Gasteiger partial charge is 0.0941 e. The SMILES string of the molecule is CN(Cc1ccncc1)Cc1csc(CCN)n1. The second-order valence-electron chi connectivity index (χ2n) is 4.30. The van der Waals surface area contributed by atoms with E-state index in [-0.39, 0.29) is 0 Å². The van der Waals surface area contributed by atoms with Gasteiger partial charge < -0.3 is 5.73 Å². The fraction of sp³-hybridized carbons (Fsp3) is 0.385. The zero-order valence-electron chi connectivity index (χ0n) is 10.5. The second-order valence-corrected chi connectivity index (χ2v) is 5.24. The highest BCUT2D eigenvalue weighted by Crippen LogP contribution is 2.12. The van der Waals surface area contributed by atoms with Crippen LogP contribution in [0.15, 0.2) is 29.9 Å². The van der Waals surface area contributed by atoms with Crippen LogP contribution in [0.5, 0.6) is 0 Å². The molecule has 0 saturated carbocycles. The van der Waals surface area contributed by atoms with E-state index in [1.165, 1.54) is 5.56 Å². The lowest BCUT2D eigenvalue weighted by Gasteiger charge is -2.14. The van der Waals surface area contributed by atoms with Crippen molar-refractivity contribution in [1.82, 2.24) is 14.9 Å². The molecule has 0 unspecified atom stereocenters. The lowest BCUT2D eigenvalue weighted by atomic mass is 10.2. The normalized spacial score (nSPS) is 11.1. The molecular weight excluding hydrogens is 244 g/mol. The van der Waals surface area contributed by atoms with Gasteiger partial charge in [-0.2, -0.15) is 0 Å². The van der Waals surface area contributed by atoms with Crippen LogP contribution in [0.25, 0.3) is 0 Å². The molecule has 0 fully saturated rings. The molecule has 2 N–H and O–H groups in total. The number of nitrogens with two attached hydrogens (primary N) is 1. The molecule has 0 aliphatic rings. The molecule has 0 radical (unpaired) electrons. The maximum Gasteiger partial charge on any atom is 0.0941 e. The third-order valence-corrected chi connectivity index (χ3v) is 3.55. The highest BCUT2D eigenvalue weighted by atomic mass is 32.1. The molecule has 0 spiro atoms. The molecule has 18 heavy (non-hydrogen) atoms. The van der Waals surface area contributed by atoms with Gasteiger partial charge in [-0.15, -0.1) is 11.3 Å². The monoisotopic (exact) mass is 262 g/mol. The maximum absolute atomic E-state index is 5.52. The Kier molecular flexibility index (Phi) is 4.81. The van der Waals surface area contributed by atoms with Crippen LogP contribution >= 0.6 is 11.3 Å². The van der Waals surface area contributed by atoms with Gasteiger partial charge in [0.2, 0.25) is 0 Å². The van der Waals surface area contributed by atoms with Crippen LogP contribution in [0.4, 0.5) is 0 Å². The summed E-state index contributed by atoms with van der Waals surface area (Å²) in [6, 6.07) is 4.08. The van der Waals surface area contributed by atoms with Gasteiger partial charge in [-0.1, -0.05) is 0 Å². The molecule has 2 aromatic heterocycles.